The highest BCUT2D eigenvalue weighted by Crippen LogP contribution is 2.16. The molecule has 0 N–H and O–H groups in total. The number of halogens is 1. The Morgan fingerprint density at radius 2 is 1.94 bits per heavy atom. The Hall–Kier alpha value is -1.71. The van der Waals surface area contributed by atoms with Crippen LogP contribution in [0.3, 0.4) is 0 Å². The van der Waals surface area contributed by atoms with Crippen molar-refractivity contribution in [1.29, 1.82) is 0 Å². The second kappa shape index (κ2) is 4.28. The van der Waals surface area contributed by atoms with Gasteiger partial charge in [0.2, 0.25) is 0 Å². The molecule has 3 nitrogen and oxygen atoms in total. The van der Waals surface area contributed by atoms with Gasteiger partial charge in [-0.05, 0) is 30.5 Å². The topological polar surface area (TPSA) is 30.7 Å². The lowest BCUT2D eigenvalue weighted by atomic mass is 10.1. The van der Waals surface area contributed by atoms with Crippen LogP contribution in [0.2, 0.25) is 0 Å². The highest BCUT2D eigenvalue weighted by atomic mass is 19.1. The first-order valence-electron chi connectivity index (χ1n) is 5.98. The molecule has 0 saturated heterocycles. The minimum atomic E-state index is -0.197. The van der Waals surface area contributed by atoms with Crippen LogP contribution in [-0.4, -0.2) is 14.8 Å². The zero-order valence-corrected chi connectivity index (χ0v) is 9.56. The number of aryl methyl sites for hydroxylation is 1. The molecular formula is C13H14FN3. The molecule has 3 rings (SSSR count). The average molecular weight is 231 g/mol. The summed E-state index contributed by atoms with van der Waals surface area (Å²) in [7, 11) is 0. The smallest absolute Gasteiger partial charge is 0.137 e. The van der Waals surface area contributed by atoms with E-state index in [1.807, 2.05) is 0 Å². The lowest BCUT2D eigenvalue weighted by molar-refractivity contribution is 0.510. The van der Waals surface area contributed by atoms with Gasteiger partial charge in [-0.1, -0.05) is 12.1 Å². The van der Waals surface area contributed by atoms with Gasteiger partial charge in [0.15, 0.2) is 0 Å². The van der Waals surface area contributed by atoms with Crippen LogP contribution >= 0.6 is 0 Å². The van der Waals surface area contributed by atoms with Crippen molar-refractivity contribution in [1.82, 2.24) is 14.8 Å². The van der Waals surface area contributed by atoms with Crippen molar-refractivity contribution in [3.8, 4) is 0 Å². The molecule has 2 heterocycles. The van der Waals surface area contributed by atoms with Gasteiger partial charge in [0.25, 0.3) is 0 Å². The highest BCUT2D eigenvalue weighted by Gasteiger charge is 2.15. The zero-order chi connectivity index (χ0) is 11.7. The molecule has 4 heteroatoms. The van der Waals surface area contributed by atoms with E-state index in [4.69, 9.17) is 0 Å². The molecule has 0 bridgehead atoms. The third kappa shape index (κ3) is 2.07. The van der Waals surface area contributed by atoms with Crippen molar-refractivity contribution in [3.63, 3.8) is 0 Å². The van der Waals surface area contributed by atoms with Gasteiger partial charge in [-0.2, -0.15) is 0 Å². The Labute approximate surface area is 99.3 Å². The Kier molecular flexibility index (Phi) is 2.63. The van der Waals surface area contributed by atoms with E-state index in [9.17, 15) is 4.39 Å². The molecule has 0 radical (unpaired) electrons. The summed E-state index contributed by atoms with van der Waals surface area (Å²) in [5.41, 5.74) is 1.08. The number of rotatable bonds is 2. The first-order chi connectivity index (χ1) is 8.33. The number of aromatic nitrogens is 3. The van der Waals surface area contributed by atoms with Crippen molar-refractivity contribution in [2.45, 2.75) is 32.2 Å². The molecule has 0 unspecified atom stereocenters. The van der Waals surface area contributed by atoms with Crippen LogP contribution in [0.4, 0.5) is 4.39 Å². The maximum Gasteiger partial charge on any atom is 0.137 e. The van der Waals surface area contributed by atoms with Gasteiger partial charge in [0.05, 0.1) is 0 Å². The fourth-order valence-corrected chi connectivity index (χ4v) is 2.28. The van der Waals surface area contributed by atoms with Crippen molar-refractivity contribution >= 4 is 0 Å². The van der Waals surface area contributed by atoms with E-state index in [1.54, 1.807) is 12.1 Å². The first-order valence-corrected chi connectivity index (χ1v) is 5.98. The van der Waals surface area contributed by atoms with Gasteiger partial charge in [0.1, 0.15) is 17.5 Å². The van der Waals surface area contributed by atoms with Gasteiger partial charge in [0, 0.05) is 19.4 Å². The monoisotopic (exact) mass is 231 g/mol. The predicted molar refractivity (Wildman–Crippen MR) is 62.2 cm³/mol. The van der Waals surface area contributed by atoms with Crippen molar-refractivity contribution in [2.75, 3.05) is 0 Å². The second-order valence-corrected chi connectivity index (χ2v) is 4.44. The van der Waals surface area contributed by atoms with E-state index >= 15 is 0 Å². The quantitative estimate of drug-likeness (QED) is 0.794. The van der Waals surface area contributed by atoms with Crippen molar-refractivity contribution < 1.29 is 4.39 Å². The first kappa shape index (κ1) is 10.4. The van der Waals surface area contributed by atoms with E-state index in [-0.39, 0.29) is 5.82 Å². The van der Waals surface area contributed by atoms with Gasteiger partial charge in [-0.3, -0.25) is 0 Å². The van der Waals surface area contributed by atoms with E-state index < -0.39 is 0 Å². The number of fused-ring (bicyclic) bond motifs is 1. The second-order valence-electron chi connectivity index (χ2n) is 4.44. The fourth-order valence-electron chi connectivity index (χ4n) is 2.28. The molecule has 0 fully saturated rings. The summed E-state index contributed by atoms with van der Waals surface area (Å²) in [6, 6.07) is 6.59. The molecule has 1 aliphatic heterocycles. The van der Waals surface area contributed by atoms with E-state index in [2.05, 4.69) is 14.8 Å². The fraction of sp³-hybridized carbons (Fsp3) is 0.385. The third-order valence-corrected chi connectivity index (χ3v) is 3.21. The third-order valence-electron chi connectivity index (χ3n) is 3.21. The van der Waals surface area contributed by atoms with E-state index in [1.165, 1.54) is 25.0 Å². The lowest BCUT2D eigenvalue weighted by Crippen LogP contribution is -2.13. The number of benzene rings is 1. The molecule has 2 aromatic rings. The molecular weight excluding hydrogens is 217 g/mol. The zero-order valence-electron chi connectivity index (χ0n) is 9.56. The molecule has 0 aliphatic carbocycles. The average Bonchev–Trinajstić information content (AvgIpc) is 2.76. The summed E-state index contributed by atoms with van der Waals surface area (Å²) in [5, 5.41) is 8.44. The van der Waals surface area contributed by atoms with Gasteiger partial charge in [-0.15, -0.1) is 10.2 Å². The molecule has 0 amide bonds. The van der Waals surface area contributed by atoms with Gasteiger partial charge < -0.3 is 4.57 Å². The normalized spacial score (nSPS) is 14.6. The lowest BCUT2D eigenvalue weighted by Gasteiger charge is -2.14. The molecule has 1 aromatic carbocycles. The molecule has 0 atom stereocenters. The summed E-state index contributed by atoms with van der Waals surface area (Å²) in [4.78, 5) is 0. The maximum atomic E-state index is 12.8. The van der Waals surface area contributed by atoms with Crippen molar-refractivity contribution in [3.05, 3.63) is 47.3 Å². The maximum absolute atomic E-state index is 12.8. The largest absolute Gasteiger partial charge is 0.315 e. The molecule has 0 saturated carbocycles. The minimum absolute atomic E-state index is 0.197. The Bertz CT molecular complexity index is 516. The molecule has 0 spiro atoms. The number of nitrogens with zero attached hydrogens (tertiary/aromatic N) is 3. The summed E-state index contributed by atoms with van der Waals surface area (Å²) in [5.74, 6) is 1.89. The van der Waals surface area contributed by atoms with Crippen LogP contribution in [0.5, 0.6) is 0 Å². The summed E-state index contributed by atoms with van der Waals surface area (Å²) in [6.45, 7) is 1.01. The Morgan fingerprint density at radius 3 is 2.76 bits per heavy atom. The van der Waals surface area contributed by atoms with Crippen molar-refractivity contribution in [2.24, 2.45) is 0 Å². The highest BCUT2D eigenvalue weighted by molar-refractivity contribution is 5.20. The summed E-state index contributed by atoms with van der Waals surface area (Å²) in [6.07, 6.45) is 4.15. The van der Waals surface area contributed by atoms with Crippen LogP contribution in [0, 0.1) is 5.82 Å². The van der Waals surface area contributed by atoms with Gasteiger partial charge in [-0.25, -0.2) is 4.39 Å². The number of hydrogen-bond acceptors (Lipinski definition) is 2. The predicted octanol–water partition coefficient (Wildman–Crippen LogP) is 2.34. The SMILES string of the molecule is Fc1ccc(Cc2nnc3n2CCCC3)cc1. The molecule has 1 aliphatic rings. The summed E-state index contributed by atoms with van der Waals surface area (Å²) >= 11 is 0. The van der Waals surface area contributed by atoms with Crippen LogP contribution in [0.25, 0.3) is 0 Å². The van der Waals surface area contributed by atoms with Crippen LogP contribution in [0.1, 0.15) is 30.1 Å². The standard InChI is InChI=1S/C13H14FN3/c14-11-6-4-10(5-7-11)9-13-16-15-12-3-1-2-8-17(12)13/h4-7H,1-3,8-9H2. The molecule has 88 valence electrons. The van der Waals surface area contributed by atoms with Gasteiger partial charge >= 0.3 is 0 Å². The van der Waals surface area contributed by atoms with E-state index in [0.717, 1.165) is 36.6 Å². The molecule has 17 heavy (non-hydrogen) atoms. The number of hydrogen-bond donors (Lipinski definition) is 0. The molecule has 1 aromatic heterocycles. The Morgan fingerprint density at radius 1 is 1.12 bits per heavy atom. The summed E-state index contributed by atoms with van der Waals surface area (Å²) < 4.78 is 15.0. The van der Waals surface area contributed by atoms with Crippen LogP contribution in [-0.2, 0) is 19.4 Å². The minimum Gasteiger partial charge on any atom is -0.315 e. The van der Waals surface area contributed by atoms with Crippen LogP contribution < -0.4 is 0 Å². The van der Waals surface area contributed by atoms with Crippen LogP contribution in [0.15, 0.2) is 24.3 Å². The van der Waals surface area contributed by atoms with E-state index in [0.29, 0.717) is 0 Å². The Balaban J connectivity index is 1.85.